The minimum absolute atomic E-state index is 0.0642. The maximum Gasteiger partial charge on any atom is 0.416 e. The minimum Gasteiger partial charge on any atom is -0.480 e. The van der Waals surface area contributed by atoms with Crippen molar-refractivity contribution < 1.29 is 27.9 Å². The Labute approximate surface area is 119 Å². The SMILES string of the molecule is CC(NC(=O)N(C)Cc1ccccc1C(F)(F)F)C(=O)O. The molecule has 1 unspecified atom stereocenters. The Morgan fingerprint density at radius 2 is 1.90 bits per heavy atom. The molecule has 21 heavy (non-hydrogen) atoms. The van der Waals surface area contributed by atoms with Crippen molar-refractivity contribution >= 4 is 12.0 Å². The van der Waals surface area contributed by atoms with Gasteiger partial charge in [-0.15, -0.1) is 0 Å². The second-order valence-corrected chi connectivity index (χ2v) is 4.52. The molecule has 0 aromatic heterocycles. The molecule has 2 amide bonds. The van der Waals surface area contributed by atoms with Crippen molar-refractivity contribution in [1.82, 2.24) is 10.2 Å². The summed E-state index contributed by atoms with van der Waals surface area (Å²) in [4.78, 5) is 23.3. The molecule has 1 atom stereocenters. The Hall–Kier alpha value is -2.25. The molecule has 0 saturated carbocycles. The van der Waals surface area contributed by atoms with E-state index in [-0.39, 0.29) is 12.1 Å². The number of halogens is 3. The molecule has 0 heterocycles. The number of nitrogens with one attached hydrogen (secondary N) is 1. The largest absolute Gasteiger partial charge is 0.480 e. The first-order valence-electron chi connectivity index (χ1n) is 6.02. The summed E-state index contributed by atoms with van der Waals surface area (Å²) in [6, 6.07) is 3.02. The van der Waals surface area contributed by atoms with Crippen LogP contribution in [0, 0.1) is 0 Å². The summed E-state index contributed by atoms with van der Waals surface area (Å²) < 4.78 is 38.5. The van der Waals surface area contributed by atoms with Crippen LogP contribution in [0.3, 0.4) is 0 Å². The summed E-state index contributed by atoms with van der Waals surface area (Å²) in [6.45, 7) is 0.978. The molecule has 2 N–H and O–H groups in total. The highest BCUT2D eigenvalue weighted by Crippen LogP contribution is 2.32. The molecule has 0 aliphatic rings. The van der Waals surface area contributed by atoms with Crippen LogP contribution < -0.4 is 5.32 Å². The molecule has 1 rings (SSSR count). The van der Waals surface area contributed by atoms with Crippen LogP contribution in [0.5, 0.6) is 0 Å². The Bertz CT molecular complexity index is 532. The van der Waals surface area contributed by atoms with E-state index in [0.717, 1.165) is 11.0 Å². The van der Waals surface area contributed by atoms with Gasteiger partial charge in [-0.05, 0) is 18.6 Å². The van der Waals surface area contributed by atoms with E-state index in [0.29, 0.717) is 0 Å². The number of nitrogens with zero attached hydrogens (tertiary/aromatic N) is 1. The fourth-order valence-electron chi connectivity index (χ4n) is 1.62. The van der Waals surface area contributed by atoms with Crippen molar-refractivity contribution in [1.29, 1.82) is 0 Å². The van der Waals surface area contributed by atoms with Crippen molar-refractivity contribution in [2.45, 2.75) is 25.7 Å². The number of carbonyl (C=O) groups excluding carboxylic acids is 1. The molecule has 0 aliphatic heterocycles. The molecule has 1 aromatic rings. The summed E-state index contributed by atoms with van der Waals surface area (Å²) in [5, 5.41) is 10.8. The van der Waals surface area contributed by atoms with E-state index in [9.17, 15) is 22.8 Å². The molecular formula is C13H15F3N2O3. The number of carboxylic acid groups (broad SMARTS) is 1. The summed E-state index contributed by atoms with van der Waals surface area (Å²) in [7, 11) is 1.29. The van der Waals surface area contributed by atoms with Gasteiger partial charge in [-0.1, -0.05) is 18.2 Å². The molecule has 0 saturated heterocycles. The van der Waals surface area contributed by atoms with Crippen LogP contribution in [0.4, 0.5) is 18.0 Å². The van der Waals surface area contributed by atoms with Crippen LogP contribution in [0.15, 0.2) is 24.3 Å². The standard InChI is InChI=1S/C13H15F3N2O3/c1-8(11(19)20)17-12(21)18(2)7-9-5-3-4-6-10(9)13(14,15)16/h3-6,8H,7H2,1-2H3,(H,17,21)(H,19,20). The molecule has 0 aliphatic carbocycles. The highest BCUT2D eigenvalue weighted by atomic mass is 19.4. The van der Waals surface area contributed by atoms with Gasteiger partial charge in [-0.2, -0.15) is 13.2 Å². The summed E-state index contributed by atoms with van der Waals surface area (Å²) in [5.74, 6) is -1.23. The summed E-state index contributed by atoms with van der Waals surface area (Å²) in [6.07, 6.45) is -4.51. The van der Waals surface area contributed by atoms with E-state index in [1.807, 2.05) is 0 Å². The van der Waals surface area contributed by atoms with Gasteiger partial charge in [0.15, 0.2) is 0 Å². The monoisotopic (exact) mass is 304 g/mol. The van der Waals surface area contributed by atoms with E-state index >= 15 is 0 Å². The third-order valence-electron chi connectivity index (χ3n) is 2.79. The Morgan fingerprint density at radius 1 is 1.33 bits per heavy atom. The predicted octanol–water partition coefficient (Wildman–Crippen LogP) is 2.32. The number of benzene rings is 1. The second-order valence-electron chi connectivity index (χ2n) is 4.52. The minimum atomic E-state index is -4.51. The molecule has 116 valence electrons. The van der Waals surface area contributed by atoms with E-state index < -0.39 is 29.8 Å². The highest BCUT2D eigenvalue weighted by Gasteiger charge is 2.33. The van der Waals surface area contributed by atoms with Gasteiger partial charge in [-0.3, -0.25) is 4.79 Å². The maximum absolute atomic E-state index is 12.8. The molecule has 5 nitrogen and oxygen atoms in total. The van der Waals surface area contributed by atoms with Crippen LogP contribution in [-0.2, 0) is 17.5 Å². The second kappa shape index (κ2) is 6.47. The molecule has 0 radical (unpaired) electrons. The van der Waals surface area contributed by atoms with Gasteiger partial charge in [0.2, 0.25) is 0 Å². The van der Waals surface area contributed by atoms with Gasteiger partial charge in [0, 0.05) is 13.6 Å². The Morgan fingerprint density at radius 3 is 2.43 bits per heavy atom. The zero-order valence-corrected chi connectivity index (χ0v) is 11.4. The van der Waals surface area contributed by atoms with Crippen LogP contribution in [0.25, 0.3) is 0 Å². The number of amides is 2. The molecule has 0 fully saturated rings. The third-order valence-corrected chi connectivity index (χ3v) is 2.79. The van der Waals surface area contributed by atoms with Gasteiger partial charge in [0.25, 0.3) is 0 Å². The fourth-order valence-corrected chi connectivity index (χ4v) is 1.62. The van der Waals surface area contributed by atoms with Crippen LogP contribution >= 0.6 is 0 Å². The van der Waals surface area contributed by atoms with E-state index in [2.05, 4.69) is 5.32 Å². The summed E-state index contributed by atoms with van der Waals surface area (Å²) >= 11 is 0. The number of aliphatic carboxylic acids is 1. The van der Waals surface area contributed by atoms with Gasteiger partial charge in [0.1, 0.15) is 6.04 Å². The van der Waals surface area contributed by atoms with Gasteiger partial charge in [-0.25, -0.2) is 4.79 Å². The van der Waals surface area contributed by atoms with Crippen molar-refractivity contribution in [2.75, 3.05) is 7.05 Å². The lowest BCUT2D eigenvalue weighted by Gasteiger charge is -2.21. The smallest absolute Gasteiger partial charge is 0.416 e. The quantitative estimate of drug-likeness (QED) is 0.897. The topological polar surface area (TPSA) is 69.6 Å². The van der Waals surface area contributed by atoms with Crippen molar-refractivity contribution in [2.24, 2.45) is 0 Å². The average Bonchev–Trinajstić information content (AvgIpc) is 2.37. The zero-order valence-electron chi connectivity index (χ0n) is 11.4. The number of alkyl halides is 3. The highest BCUT2D eigenvalue weighted by molar-refractivity contribution is 5.82. The third kappa shape index (κ3) is 4.66. The number of carbonyl (C=O) groups is 2. The number of hydrogen-bond donors (Lipinski definition) is 2. The van der Waals surface area contributed by atoms with Crippen LogP contribution in [0.2, 0.25) is 0 Å². The first-order chi connectivity index (χ1) is 9.62. The normalized spacial score (nSPS) is 12.6. The molecular weight excluding hydrogens is 289 g/mol. The molecule has 8 heteroatoms. The van der Waals surface area contributed by atoms with Crippen LogP contribution in [-0.4, -0.2) is 35.1 Å². The van der Waals surface area contributed by atoms with E-state index in [1.54, 1.807) is 0 Å². The molecule has 0 spiro atoms. The summed E-state index contributed by atoms with van der Waals surface area (Å²) in [5.41, 5.74) is -0.887. The molecule has 1 aromatic carbocycles. The number of hydrogen-bond acceptors (Lipinski definition) is 2. The first-order valence-corrected chi connectivity index (χ1v) is 6.02. The Kier molecular flexibility index (Phi) is 5.17. The van der Waals surface area contributed by atoms with Crippen molar-refractivity contribution in [3.05, 3.63) is 35.4 Å². The average molecular weight is 304 g/mol. The number of urea groups is 1. The molecule has 0 bridgehead atoms. The number of rotatable bonds is 4. The van der Waals surface area contributed by atoms with E-state index in [1.165, 1.54) is 32.2 Å². The lowest BCUT2D eigenvalue weighted by Crippen LogP contribution is -2.45. The van der Waals surface area contributed by atoms with Gasteiger partial charge in [0.05, 0.1) is 5.56 Å². The van der Waals surface area contributed by atoms with Gasteiger partial charge >= 0.3 is 18.2 Å². The van der Waals surface area contributed by atoms with E-state index in [4.69, 9.17) is 5.11 Å². The van der Waals surface area contributed by atoms with Crippen molar-refractivity contribution in [3.8, 4) is 0 Å². The van der Waals surface area contributed by atoms with Gasteiger partial charge < -0.3 is 15.3 Å². The first kappa shape index (κ1) is 16.8. The Balaban J connectivity index is 2.82. The zero-order chi connectivity index (χ0) is 16.2. The lowest BCUT2D eigenvalue weighted by molar-refractivity contribution is -0.139. The maximum atomic E-state index is 12.8. The number of carboxylic acids is 1. The fraction of sp³-hybridized carbons (Fsp3) is 0.385. The lowest BCUT2D eigenvalue weighted by atomic mass is 10.1. The van der Waals surface area contributed by atoms with Crippen molar-refractivity contribution in [3.63, 3.8) is 0 Å². The predicted molar refractivity (Wildman–Crippen MR) is 68.5 cm³/mol. The van der Waals surface area contributed by atoms with Crippen LogP contribution in [0.1, 0.15) is 18.1 Å².